The Morgan fingerprint density at radius 3 is 2.59 bits per heavy atom. The van der Waals surface area contributed by atoms with Gasteiger partial charge < -0.3 is 0 Å². The molecule has 0 spiro atoms. The molecule has 2 amide bonds. The van der Waals surface area contributed by atoms with Crippen LogP contribution in [0.2, 0.25) is 5.02 Å². The van der Waals surface area contributed by atoms with E-state index in [2.05, 4.69) is 16.2 Å². The van der Waals surface area contributed by atoms with Gasteiger partial charge in [0.25, 0.3) is 11.8 Å². The van der Waals surface area contributed by atoms with Gasteiger partial charge in [-0.25, -0.2) is 0 Å². The predicted molar refractivity (Wildman–Crippen MR) is 91.2 cm³/mol. The Kier molecular flexibility index (Phi) is 5.48. The van der Waals surface area contributed by atoms with E-state index in [0.717, 1.165) is 5.56 Å². The second-order valence-electron chi connectivity index (χ2n) is 4.32. The molecule has 0 unspecified atom stereocenters. The molecule has 2 aromatic rings. The minimum atomic E-state index is -0.451. The summed E-state index contributed by atoms with van der Waals surface area (Å²) < 4.78 is 0. The summed E-state index contributed by atoms with van der Waals surface area (Å²) in [5.74, 6) is -0.784. The van der Waals surface area contributed by atoms with Crippen molar-refractivity contribution < 1.29 is 9.59 Å². The fourth-order valence-corrected chi connectivity index (χ4v) is 2.67. The van der Waals surface area contributed by atoms with E-state index in [0.29, 0.717) is 15.5 Å². The van der Waals surface area contributed by atoms with E-state index >= 15 is 0 Å². The zero-order valence-corrected chi connectivity index (χ0v) is 13.9. The molecule has 0 aliphatic heterocycles. The van der Waals surface area contributed by atoms with Crippen molar-refractivity contribution in [1.29, 1.82) is 0 Å². The summed E-state index contributed by atoms with van der Waals surface area (Å²) in [6.45, 7) is 1.87. The molecule has 0 aliphatic carbocycles. The first-order chi connectivity index (χ1) is 10.5. The van der Waals surface area contributed by atoms with E-state index in [1.54, 1.807) is 35.7 Å². The van der Waals surface area contributed by atoms with Gasteiger partial charge in [-0.05, 0) is 48.3 Å². The van der Waals surface area contributed by atoms with Crippen molar-refractivity contribution in [1.82, 2.24) is 16.2 Å². The summed E-state index contributed by atoms with van der Waals surface area (Å²) in [6, 6.07) is 8.51. The molecule has 1 aromatic heterocycles. The van der Waals surface area contributed by atoms with Gasteiger partial charge in [-0.15, -0.1) is 11.3 Å². The molecular weight excluding hydrogens is 342 g/mol. The number of hydrogen-bond donors (Lipinski definition) is 3. The Hall–Kier alpha value is -1.96. The molecule has 3 N–H and O–H groups in total. The second-order valence-corrected chi connectivity index (χ2v) is 6.09. The number of hydrogen-bond acceptors (Lipinski definition) is 4. The standard InChI is InChI=1S/C14H12ClN3O2S2/c1-8-4-5-9(10(15)7-8)12(19)16-14(21)18-17-13(20)11-3-2-6-22-11/h2-7H,1H3,(H,17,20)(H2,16,18,19,21). The van der Waals surface area contributed by atoms with Gasteiger partial charge >= 0.3 is 0 Å². The van der Waals surface area contributed by atoms with Crippen LogP contribution in [0.3, 0.4) is 0 Å². The largest absolute Gasteiger partial charge is 0.298 e. The molecule has 0 atom stereocenters. The Balaban J connectivity index is 1.89. The number of benzene rings is 1. The van der Waals surface area contributed by atoms with Crippen LogP contribution in [-0.2, 0) is 0 Å². The average Bonchev–Trinajstić information content (AvgIpc) is 2.98. The van der Waals surface area contributed by atoms with E-state index in [9.17, 15) is 9.59 Å². The van der Waals surface area contributed by atoms with Crippen LogP contribution in [0.25, 0.3) is 0 Å². The van der Waals surface area contributed by atoms with Crippen molar-refractivity contribution in [2.75, 3.05) is 0 Å². The molecule has 22 heavy (non-hydrogen) atoms. The van der Waals surface area contributed by atoms with Gasteiger partial charge in [-0.1, -0.05) is 23.7 Å². The van der Waals surface area contributed by atoms with E-state index in [1.807, 2.05) is 6.92 Å². The third kappa shape index (κ3) is 4.27. The van der Waals surface area contributed by atoms with Gasteiger partial charge in [0.2, 0.25) is 0 Å². The van der Waals surface area contributed by atoms with Crippen molar-refractivity contribution in [3.8, 4) is 0 Å². The van der Waals surface area contributed by atoms with Crippen molar-refractivity contribution in [2.24, 2.45) is 0 Å². The maximum absolute atomic E-state index is 12.0. The molecule has 1 heterocycles. The Labute approximate surface area is 141 Å². The van der Waals surface area contributed by atoms with Gasteiger partial charge in [0.05, 0.1) is 15.5 Å². The van der Waals surface area contributed by atoms with Crippen molar-refractivity contribution in [3.05, 3.63) is 56.7 Å². The highest BCUT2D eigenvalue weighted by molar-refractivity contribution is 7.80. The lowest BCUT2D eigenvalue weighted by atomic mass is 10.1. The van der Waals surface area contributed by atoms with Gasteiger partial charge in [0, 0.05) is 0 Å². The number of halogens is 1. The minimum Gasteiger partial charge on any atom is -0.298 e. The Morgan fingerprint density at radius 1 is 1.18 bits per heavy atom. The van der Waals surface area contributed by atoms with Crippen LogP contribution < -0.4 is 16.2 Å². The molecule has 8 heteroatoms. The SMILES string of the molecule is Cc1ccc(C(=O)NC(=S)NNC(=O)c2cccs2)c(Cl)c1. The molecule has 114 valence electrons. The van der Waals surface area contributed by atoms with Crippen LogP contribution in [0.1, 0.15) is 25.6 Å². The summed E-state index contributed by atoms with van der Waals surface area (Å²) >= 11 is 12.3. The summed E-state index contributed by atoms with van der Waals surface area (Å²) in [5, 5.41) is 4.54. The first-order valence-corrected chi connectivity index (χ1v) is 7.85. The third-order valence-electron chi connectivity index (χ3n) is 2.63. The lowest BCUT2D eigenvalue weighted by molar-refractivity contribution is 0.0938. The van der Waals surface area contributed by atoms with Gasteiger partial charge in [0.1, 0.15) is 0 Å². The fourth-order valence-electron chi connectivity index (χ4n) is 1.59. The predicted octanol–water partition coefficient (Wildman–Crippen LogP) is 2.66. The number of amides is 2. The topological polar surface area (TPSA) is 70.2 Å². The van der Waals surface area contributed by atoms with Crippen molar-refractivity contribution in [3.63, 3.8) is 0 Å². The first kappa shape index (κ1) is 16.4. The van der Waals surface area contributed by atoms with Crippen LogP contribution in [0.15, 0.2) is 35.7 Å². The monoisotopic (exact) mass is 353 g/mol. The highest BCUT2D eigenvalue weighted by Gasteiger charge is 2.12. The number of rotatable bonds is 2. The number of hydrazine groups is 1. The van der Waals surface area contributed by atoms with Crippen LogP contribution in [0, 0.1) is 6.92 Å². The van der Waals surface area contributed by atoms with Crippen LogP contribution in [0.4, 0.5) is 0 Å². The van der Waals surface area contributed by atoms with Crippen LogP contribution in [0.5, 0.6) is 0 Å². The minimum absolute atomic E-state index is 0.0217. The van der Waals surface area contributed by atoms with Gasteiger partial charge in [-0.2, -0.15) is 0 Å². The zero-order valence-electron chi connectivity index (χ0n) is 11.5. The lowest BCUT2D eigenvalue weighted by Crippen LogP contribution is -2.48. The molecule has 2 rings (SSSR count). The molecule has 1 aromatic carbocycles. The average molecular weight is 354 g/mol. The van der Waals surface area contributed by atoms with E-state index in [-0.39, 0.29) is 11.0 Å². The van der Waals surface area contributed by atoms with E-state index in [1.165, 1.54) is 11.3 Å². The molecule has 0 aliphatic rings. The Bertz CT molecular complexity index is 717. The second kappa shape index (κ2) is 7.35. The van der Waals surface area contributed by atoms with E-state index < -0.39 is 5.91 Å². The number of thiophene rings is 1. The zero-order chi connectivity index (χ0) is 16.1. The number of thiocarbonyl (C=S) groups is 1. The molecule has 0 fully saturated rings. The fraction of sp³-hybridized carbons (Fsp3) is 0.0714. The third-order valence-corrected chi connectivity index (χ3v) is 4.02. The van der Waals surface area contributed by atoms with E-state index in [4.69, 9.17) is 23.8 Å². The van der Waals surface area contributed by atoms with Crippen molar-refractivity contribution in [2.45, 2.75) is 6.92 Å². The number of aryl methyl sites for hydroxylation is 1. The summed E-state index contributed by atoms with van der Waals surface area (Å²) in [5.41, 5.74) is 6.12. The van der Waals surface area contributed by atoms with Crippen molar-refractivity contribution >= 4 is 52.1 Å². The smallest absolute Gasteiger partial charge is 0.279 e. The van der Waals surface area contributed by atoms with Crippen LogP contribution >= 0.6 is 35.2 Å². The summed E-state index contributed by atoms with van der Waals surface area (Å²) in [7, 11) is 0. The maximum Gasteiger partial charge on any atom is 0.279 e. The normalized spacial score (nSPS) is 9.91. The number of carbonyl (C=O) groups excluding carboxylic acids is 2. The first-order valence-electron chi connectivity index (χ1n) is 6.18. The molecule has 0 bridgehead atoms. The molecule has 0 radical (unpaired) electrons. The highest BCUT2D eigenvalue weighted by atomic mass is 35.5. The molecular formula is C14H12ClN3O2S2. The van der Waals surface area contributed by atoms with Gasteiger partial charge in [-0.3, -0.25) is 25.8 Å². The number of nitrogens with one attached hydrogen (secondary N) is 3. The maximum atomic E-state index is 12.0. The molecule has 5 nitrogen and oxygen atoms in total. The van der Waals surface area contributed by atoms with Crippen LogP contribution in [-0.4, -0.2) is 16.9 Å². The van der Waals surface area contributed by atoms with Gasteiger partial charge in [0.15, 0.2) is 5.11 Å². The highest BCUT2D eigenvalue weighted by Crippen LogP contribution is 2.17. The summed E-state index contributed by atoms with van der Waals surface area (Å²) in [6.07, 6.45) is 0. The quantitative estimate of drug-likeness (QED) is 0.573. The summed E-state index contributed by atoms with van der Waals surface area (Å²) in [4.78, 5) is 24.3. The molecule has 0 saturated heterocycles. The number of carbonyl (C=O) groups is 2. The molecule has 0 saturated carbocycles. The lowest BCUT2D eigenvalue weighted by Gasteiger charge is -2.11. The Morgan fingerprint density at radius 2 is 1.95 bits per heavy atom.